The molecule has 3 atom stereocenters. The molecule has 0 aliphatic heterocycles. The smallest absolute Gasteiger partial charge is 0.419 e. The number of benzene rings is 1. The van der Waals surface area contributed by atoms with E-state index in [-0.39, 0.29) is 11.5 Å². The number of carbonyl (C=O) groups is 1. The van der Waals surface area contributed by atoms with Gasteiger partial charge in [-0.05, 0) is 63.1 Å². The maximum absolute atomic E-state index is 13.5. The number of alkyl halides is 3. The lowest BCUT2D eigenvalue weighted by atomic mass is 9.78. The Bertz CT molecular complexity index is 910. The van der Waals surface area contributed by atoms with Gasteiger partial charge in [0.05, 0.1) is 11.1 Å². The molecular formula is C20H25F3O6S. The normalized spacial score (nSPS) is 24.1. The van der Waals surface area contributed by atoms with Crippen LogP contribution in [0.25, 0.3) is 0 Å². The van der Waals surface area contributed by atoms with Crippen molar-refractivity contribution in [2.45, 2.75) is 51.3 Å². The zero-order chi connectivity index (χ0) is 22.3. The Morgan fingerprint density at radius 1 is 1.20 bits per heavy atom. The average Bonchev–Trinajstić information content (AvgIpc) is 3.22. The van der Waals surface area contributed by atoms with E-state index < -0.39 is 51.5 Å². The minimum absolute atomic E-state index is 0.128. The van der Waals surface area contributed by atoms with E-state index in [1.807, 2.05) is 0 Å². The van der Waals surface area contributed by atoms with Crippen LogP contribution in [-0.2, 0) is 21.0 Å². The van der Waals surface area contributed by atoms with Gasteiger partial charge in [0.1, 0.15) is 23.7 Å². The monoisotopic (exact) mass is 450 g/mol. The van der Waals surface area contributed by atoms with E-state index in [1.54, 1.807) is 13.8 Å². The van der Waals surface area contributed by atoms with Crippen molar-refractivity contribution >= 4 is 16.1 Å². The summed E-state index contributed by atoms with van der Waals surface area (Å²) < 4.78 is 81.3. The van der Waals surface area contributed by atoms with Crippen molar-refractivity contribution in [1.29, 1.82) is 0 Å². The number of halogens is 3. The predicted molar refractivity (Wildman–Crippen MR) is 102 cm³/mol. The van der Waals surface area contributed by atoms with E-state index >= 15 is 0 Å². The van der Waals surface area contributed by atoms with Gasteiger partial charge in [-0.1, -0.05) is 6.42 Å². The van der Waals surface area contributed by atoms with Crippen LogP contribution in [0.4, 0.5) is 13.2 Å². The summed E-state index contributed by atoms with van der Waals surface area (Å²) in [4.78, 5) is 12.1. The highest BCUT2D eigenvalue weighted by Crippen LogP contribution is 2.53. The van der Waals surface area contributed by atoms with Crippen molar-refractivity contribution in [1.82, 2.24) is 0 Å². The summed E-state index contributed by atoms with van der Waals surface area (Å²) >= 11 is 0. The van der Waals surface area contributed by atoms with Crippen molar-refractivity contribution < 1.29 is 40.4 Å². The Balaban J connectivity index is 1.82. The zero-order valence-electron chi connectivity index (χ0n) is 16.7. The fourth-order valence-corrected chi connectivity index (χ4v) is 5.04. The minimum Gasteiger partial charge on any atom is -0.487 e. The Hall–Kier alpha value is -1.81. The highest BCUT2D eigenvalue weighted by atomic mass is 32.2. The first-order valence-electron chi connectivity index (χ1n) is 9.79. The second kappa shape index (κ2) is 8.03. The quantitative estimate of drug-likeness (QED) is 0.491. The molecule has 0 radical (unpaired) electrons. The van der Waals surface area contributed by atoms with Crippen molar-refractivity contribution in [3.05, 3.63) is 29.3 Å². The third kappa shape index (κ3) is 5.26. The summed E-state index contributed by atoms with van der Waals surface area (Å²) in [6, 6.07) is 2.69. The molecule has 168 valence electrons. The SMILES string of the molecule is CC(C)(Oc1cc(C(=O)OCCS(=O)(=O)O)ccc1C(F)(F)F)C1CC2CCC1C2. The van der Waals surface area contributed by atoms with Crippen LogP contribution in [0.5, 0.6) is 5.75 Å². The number of rotatable bonds is 7. The number of fused-ring (bicyclic) bond motifs is 2. The van der Waals surface area contributed by atoms with Gasteiger partial charge in [-0.15, -0.1) is 0 Å². The number of hydrogen-bond acceptors (Lipinski definition) is 5. The van der Waals surface area contributed by atoms with E-state index in [1.165, 1.54) is 0 Å². The van der Waals surface area contributed by atoms with Crippen LogP contribution >= 0.6 is 0 Å². The zero-order valence-corrected chi connectivity index (χ0v) is 17.6. The maximum atomic E-state index is 13.5. The van der Waals surface area contributed by atoms with Crippen LogP contribution in [0.1, 0.15) is 55.5 Å². The number of esters is 1. The van der Waals surface area contributed by atoms with Crippen LogP contribution in [-0.4, -0.2) is 36.9 Å². The largest absolute Gasteiger partial charge is 0.487 e. The molecule has 3 rings (SSSR count). The number of carbonyl (C=O) groups excluding carboxylic acids is 1. The van der Waals surface area contributed by atoms with Gasteiger partial charge in [0, 0.05) is 5.92 Å². The van der Waals surface area contributed by atoms with E-state index in [0.717, 1.165) is 43.9 Å². The first-order valence-corrected chi connectivity index (χ1v) is 11.4. The molecule has 2 saturated carbocycles. The predicted octanol–water partition coefficient (Wildman–Crippen LogP) is 4.34. The first-order chi connectivity index (χ1) is 13.8. The van der Waals surface area contributed by atoms with Crippen LogP contribution in [0, 0.1) is 17.8 Å². The molecule has 2 bridgehead atoms. The first kappa shape index (κ1) is 22.9. The average molecular weight is 450 g/mol. The van der Waals surface area contributed by atoms with Gasteiger partial charge in [-0.3, -0.25) is 4.55 Å². The molecule has 0 amide bonds. The Morgan fingerprint density at radius 2 is 1.90 bits per heavy atom. The lowest BCUT2D eigenvalue weighted by molar-refractivity contribution is -0.140. The summed E-state index contributed by atoms with van der Waals surface area (Å²) in [7, 11) is -4.32. The molecule has 2 aliphatic rings. The van der Waals surface area contributed by atoms with Crippen LogP contribution in [0.15, 0.2) is 18.2 Å². The summed E-state index contributed by atoms with van der Waals surface area (Å²) in [5.41, 5.74) is -2.04. The van der Waals surface area contributed by atoms with E-state index in [0.29, 0.717) is 11.8 Å². The second-order valence-corrected chi connectivity index (χ2v) is 10.2. The fraction of sp³-hybridized carbons (Fsp3) is 0.650. The minimum atomic E-state index is -4.67. The maximum Gasteiger partial charge on any atom is 0.419 e. The van der Waals surface area contributed by atoms with Gasteiger partial charge in [0.15, 0.2) is 0 Å². The fourth-order valence-electron chi connectivity index (χ4n) is 4.75. The Kier molecular flexibility index (Phi) is 6.12. The van der Waals surface area contributed by atoms with Gasteiger partial charge in [-0.25, -0.2) is 4.79 Å². The van der Waals surface area contributed by atoms with Crippen molar-refractivity contribution in [3.63, 3.8) is 0 Å². The van der Waals surface area contributed by atoms with Crippen LogP contribution in [0.2, 0.25) is 0 Å². The molecule has 6 nitrogen and oxygen atoms in total. The van der Waals surface area contributed by atoms with Gasteiger partial charge >= 0.3 is 12.1 Å². The van der Waals surface area contributed by atoms with Gasteiger partial charge in [0.2, 0.25) is 0 Å². The highest BCUT2D eigenvalue weighted by molar-refractivity contribution is 7.85. The van der Waals surface area contributed by atoms with Crippen LogP contribution in [0.3, 0.4) is 0 Å². The molecule has 1 aromatic rings. The topological polar surface area (TPSA) is 89.9 Å². The second-order valence-electron chi connectivity index (χ2n) is 8.62. The molecule has 3 unspecified atom stereocenters. The van der Waals surface area contributed by atoms with E-state index in [4.69, 9.17) is 14.0 Å². The van der Waals surface area contributed by atoms with Crippen molar-refractivity contribution in [2.24, 2.45) is 17.8 Å². The highest BCUT2D eigenvalue weighted by Gasteiger charge is 2.48. The third-order valence-corrected chi connectivity index (χ3v) is 6.78. The Morgan fingerprint density at radius 3 is 2.43 bits per heavy atom. The number of hydrogen-bond donors (Lipinski definition) is 1. The lowest BCUT2D eigenvalue weighted by Gasteiger charge is -2.38. The van der Waals surface area contributed by atoms with Gasteiger partial charge < -0.3 is 9.47 Å². The molecule has 1 aromatic carbocycles. The molecule has 10 heteroatoms. The molecule has 0 spiro atoms. The van der Waals surface area contributed by atoms with Gasteiger partial charge in [-0.2, -0.15) is 21.6 Å². The summed E-state index contributed by atoms with van der Waals surface area (Å²) in [6.07, 6.45) is -0.488. The summed E-state index contributed by atoms with van der Waals surface area (Å²) in [6.45, 7) is 2.93. The molecular weight excluding hydrogens is 425 g/mol. The molecule has 0 aromatic heterocycles. The molecule has 1 N–H and O–H groups in total. The third-order valence-electron chi connectivity index (χ3n) is 6.10. The van der Waals surface area contributed by atoms with Crippen molar-refractivity contribution in [3.8, 4) is 5.75 Å². The standard InChI is InChI=1S/C20H25F3O6S/c1-19(2,16-10-12-3-4-13(16)9-12)29-17-11-14(5-6-15(17)20(21,22)23)18(24)28-7-8-30(25,26)27/h5-6,11-13,16H,3-4,7-10H2,1-2H3,(H,25,26,27). The van der Waals surface area contributed by atoms with E-state index in [9.17, 15) is 26.4 Å². The lowest BCUT2D eigenvalue weighted by Crippen LogP contribution is -2.41. The van der Waals surface area contributed by atoms with Gasteiger partial charge in [0.25, 0.3) is 10.1 Å². The van der Waals surface area contributed by atoms with Crippen molar-refractivity contribution in [2.75, 3.05) is 12.4 Å². The molecule has 0 heterocycles. The summed E-state index contributed by atoms with van der Waals surface area (Å²) in [5.74, 6) is -1.13. The molecule has 2 aliphatic carbocycles. The Labute approximate surface area is 173 Å². The summed E-state index contributed by atoms with van der Waals surface area (Å²) in [5, 5.41) is 0. The molecule has 30 heavy (non-hydrogen) atoms. The van der Waals surface area contributed by atoms with Crippen LogP contribution < -0.4 is 4.74 Å². The number of ether oxygens (including phenoxy) is 2. The molecule has 2 fully saturated rings. The van der Waals surface area contributed by atoms with E-state index in [2.05, 4.69) is 0 Å². The molecule has 0 saturated heterocycles.